The van der Waals surface area contributed by atoms with E-state index in [1.54, 1.807) is 7.11 Å². The maximum absolute atomic E-state index is 5.68. The molecule has 0 unspecified atom stereocenters. The van der Waals surface area contributed by atoms with Crippen molar-refractivity contribution in [2.45, 2.75) is 26.2 Å². The molecule has 0 aliphatic carbocycles. The molecule has 0 radical (unpaired) electrons. The Labute approximate surface area is 159 Å². The van der Waals surface area contributed by atoms with E-state index in [1.165, 1.54) is 37.9 Å². The average molecular weight is 365 g/mol. The molecule has 2 aliphatic heterocycles. The van der Waals surface area contributed by atoms with E-state index in [9.17, 15) is 0 Å². The number of hydrogen-bond acceptors (Lipinski definition) is 5. The van der Waals surface area contributed by atoms with E-state index in [0.717, 1.165) is 58.4 Å². The lowest BCUT2D eigenvalue weighted by Gasteiger charge is -2.26. The Morgan fingerprint density at radius 3 is 2.12 bits per heavy atom. The molecule has 0 amide bonds. The molecule has 148 valence electrons. The summed E-state index contributed by atoms with van der Waals surface area (Å²) in [5.74, 6) is 0.957. The van der Waals surface area contributed by atoms with Crippen molar-refractivity contribution < 1.29 is 14.2 Å². The fraction of sp³-hybridized carbons (Fsp3) is 0.714. The van der Waals surface area contributed by atoms with Crippen LogP contribution in [0.25, 0.3) is 0 Å². The highest BCUT2D eigenvalue weighted by Crippen LogP contribution is 2.11. The molecule has 0 atom stereocenters. The van der Waals surface area contributed by atoms with Gasteiger partial charge in [0.1, 0.15) is 12.4 Å². The van der Waals surface area contributed by atoms with Gasteiger partial charge in [-0.2, -0.15) is 0 Å². The molecule has 5 nitrogen and oxygen atoms in total. The summed E-state index contributed by atoms with van der Waals surface area (Å²) in [6.45, 7) is 12.1. The summed E-state index contributed by atoms with van der Waals surface area (Å²) in [6.07, 6.45) is 4.18. The number of morpholine rings is 1. The van der Waals surface area contributed by atoms with Gasteiger partial charge in [-0.15, -0.1) is 0 Å². The lowest BCUT2D eigenvalue weighted by atomic mass is 10.1. The molecule has 0 saturated carbocycles. The molecule has 2 fully saturated rings. The Morgan fingerprint density at radius 2 is 1.46 bits per heavy atom. The molecule has 0 aromatic heterocycles. The SMILES string of the molecule is COCCN1CCCCC1.Cc1ccc(OCCN2CCOCC2)cc1. The second-order valence-electron chi connectivity index (χ2n) is 7.01. The molecule has 1 aromatic rings. The van der Waals surface area contributed by atoms with Crippen molar-refractivity contribution in [2.24, 2.45) is 0 Å². The summed E-state index contributed by atoms with van der Waals surface area (Å²) in [7, 11) is 1.77. The summed E-state index contributed by atoms with van der Waals surface area (Å²) in [5.41, 5.74) is 1.26. The lowest BCUT2D eigenvalue weighted by Crippen LogP contribution is -2.38. The predicted octanol–water partition coefficient (Wildman–Crippen LogP) is 2.82. The first-order chi connectivity index (χ1) is 12.8. The fourth-order valence-corrected chi connectivity index (χ4v) is 3.16. The predicted molar refractivity (Wildman–Crippen MR) is 106 cm³/mol. The van der Waals surface area contributed by atoms with Gasteiger partial charge in [-0.1, -0.05) is 24.1 Å². The van der Waals surface area contributed by atoms with E-state index in [-0.39, 0.29) is 0 Å². The van der Waals surface area contributed by atoms with E-state index in [4.69, 9.17) is 14.2 Å². The molecular weight excluding hydrogens is 328 g/mol. The molecule has 26 heavy (non-hydrogen) atoms. The van der Waals surface area contributed by atoms with Crippen LogP contribution in [0.5, 0.6) is 5.75 Å². The smallest absolute Gasteiger partial charge is 0.119 e. The number of ether oxygens (including phenoxy) is 3. The monoisotopic (exact) mass is 364 g/mol. The normalized spacial score (nSPS) is 18.8. The molecule has 0 bridgehead atoms. The second kappa shape index (κ2) is 13.1. The standard InChI is InChI=1S/C13H19NO2.C8H17NO/c1-12-2-4-13(5-3-12)16-11-8-14-6-9-15-10-7-14;1-10-8-7-9-5-3-2-4-6-9/h2-5H,6-11H2,1H3;2-8H2,1H3. The van der Waals surface area contributed by atoms with Gasteiger partial charge in [0, 0.05) is 33.3 Å². The molecule has 1 aromatic carbocycles. The van der Waals surface area contributed by atoms with E-state index in [1.807, 2.05) is 12.1 Å². The number of hydrogen-bond donors (Lipinski definition) is 0. The molecule has 2 saturated heterocycles. The molecule has 2 aliphatic rings. The highest BCUT2D eigenvalue weighted by Gasteiger charge is 2.09. The van der Waals surface area contributed by atoms with Crippen LogP contribution in [0.15, 0.2) is 24.3 Å². The number of methoxy groups -OCH3 is 1. The first-order valence-corrected chi connectivity index (χ1v) is 9.99. The number of nitrogens with zero attached hydrogens (tertiary/aromatic N) is 2. The number of aryl methyl sites for hydroxylation is 1. The van der Waals surface area contributed by atoms with Crippen molar-refractivity contribution in [1.82, 2.24) is 9.80 Å². The van der Waals surface area contributed by atoms with Gasteiger partial charge >= 0.3 is 0 Å². The number of rotatable bonds is 7. The van der Waals surface area contributed by atoms with Gasteiger partial charge < -0.3 is 19.1 Å². The van der Waals surface area contributed by atoms with Crippen LogP contribution in [-0.4, -0.2) is 82.6 Å². The average Bonchev–Trinajstić information content (AvgIpc) is 2.70. The van der Waals surface area contributed by atoms with Gasteiger partial charge in [0.15, 0.2) is 0 Å². The molecule has 5 heteroatoms. The lowest BCUT2D eigenvalue weighted by molar-refractivity contribution is 0.0322. The zero-order chi connectivity index (χ0) is 18.5. The summed E-state index contributed by atoms with van der Waals surface area (Å²) in [6, 6.07) is 8.19. The van der Waals surface area contributed by atoms with Crippen LogP contribution in [0, 0.1) is 6.92 Å². The van der Waals surface area contributed by atoms with E-state index in [0.29, 0.717) is 0 Å². The Balaban J connectivity index is 0.000000209. The summed E-state index contributed by atoms with van der Waals surface area (Å²) in [5, 5.41) is 0. The van der Waals surface area contributed by atoms with Gasteiger partial charge in [0.2, 0.25) is 0 Å². The quantitative estimate of drug-likeness (QED) is 0.743. The minimum atomic E-state index is 0.753. The van der Waals surface area contributed by atoms with Gasteiger partial charge in [0.05, 0.1) is 19.8 Å². The molecule has 0 N–H and O–H groups in total. The van der Waals surface area contributed by atoms with Crippen LogP contribution in [0.1, 0.15) is 24.8 Å². The Morgan fingerprint density at radius 1 is 0.846 bits per heavy atom. The minimum Gasteiger partial charge on any atom is -0.492 e. The number of piperidine rings is 1. The van der Waals surface area contributed by atoms with E-state index in [2.05, 4.69) is 28.9 Å². The number of benzene rings is 1. The third-order valence-electron chi connectivity index (χ3n) is 4.86. The molecular formula is C21H36N2O3. The summed E-state index contributed by atoms with van der Waals surface area (Å²) >= 11 is 0. The zero-order valence-corrected chi connectivity index (χ0v) is 16.6. The highest BCUT2D eigenvalue weighted by atomic mass is 16.5. The third kappa shape index (κ3) is 8.99. The molecule has 2 heterocycles. The van der Waals surface area contributed by atoms with Crippen LogP contribution < -0.4 is 4.74 Å². The van der Waals surface area contributed by atoms with E-state index < -0.39 is 0 Å². The van der Waals surface area contributed by atoms with Crippen LogP contribution >= 0.6 is 0 Å². The van der Waals surface area contributed by atoms with Crippen LogP contribution in [0.2, 0.25) is 0 Å². The first-order valence-electron chi connectivity index (χ1n) is 9.99. The van der Waals surface area contributed by atoms with Crippen molar-refractivity contribution in [3.8, 4) is 5.75 Å². The largest absolute Gasteiger partial charge is 0.492 e. The second-order valence-corrected chi connectivity index (χ2v) is 7.01. The minimum absolute atomic E-state index is 0.753. The Hall–Kier alpha value is -1.14. The summed E-state index contributed by atoms with van der Waals surface area (Å²) < 4.78 is 16.0. The van der Waals surface area contributed by atoms with Gasteiger partial charge in [0.25, 0.3) is 0 Å². The zero-order valence-electron chi connectivity index (χ0n) is 16.6. The number of likely N-dealkylation sites (tertiary alicyclic amines) is 1. The topological polar surface area (TPSA) is 34.2 Å². The third-order valence-corrected chi connectivity index (χ3v) is 4.86. The maximum Gasteiger partial charge on any atom is 0.119 e. The van der Waals surface area contributed by atoms with Crippen LogP contribution in [0.4, 0.5) is 0 Å². The molecule has 0 spiro atoms. The van der Waals surface area contributed by atoms with Gasteiger partial charge in [-0.25, -0.2) is 0 Å². The maximum atomic E-state index is 5.68. The van der Waals surface area contributed by atoms with Crippen LogP contribution in [-0.2, 0) is 9.47 Å². The summed E-state index contributed by atoms with van der Waals surface area (Å²) in [4.78, 5) is 4.85. The Kier molecular flexibility index (Phi) is 10.7. The molecule has 3 rings (SSSR count). The van der Waals surface area contributed by atoms with Crippen molar-refractivity contribution in [1.29, 1.82) is 0 Å². The Bertz CT molecular complexity index is 455. The first kappa shape index (κ1) is 21.2. The van der Waals surface area contributed by atoms with E-state index >= 15 is 0 Å². The van der Waals surface area contributed by atoms with Crippen molar-refractivity contribution in [3.05, 3.63) is 29.8 Å². The van der Waals surface area contributed by atoms with Crippen molar-refractivity contribution in [3.63, 3.8) is 0 Å². The van der Waals surface area contributed by atoms with Crippen molar-refractivity contribution in [2.75, 3.05) is 72.8 Å². The van der Waals surface area contributed by atoms with Crippen LogP contribution in [0.3, 0.4) is 0 Å². The fourth-order valence-electron chi connectivity index (χ4n) is 3.16. The van der Waals surface area contributed by atoms with Gasteiger partial charge in [-0.3, -0.25) is 4.90 Å². The highest BCUT2D eigenvalue weighted by molar-refractivity contribution is 5.26. The van der Waals surface area contributed by atoms with Gasteiger partial charge in [-0.05, 0) is 45.0 Å². The van der Waals surface area contributed by atoms with Crippen molar-refractivity contribution >= 4 is 0 Å².